The monoisotopic (exact) mass is 335 g/mol. The molecular weight excluding hydrogens is 321 g/mol. The van der Waals surface area contributed by atoms with Crippen molar-refractivity contribution in [3.05, 3.63) is 36.2 Å². The van der Waals surface area contributed by atoms with Crippen LogP contribution in [0.5, 0.6) is 5.75 Å². The third-order valence-corrected chi connectivity index (χ3v) is 2.44. The molecule has 9 heteroatoms. The van der Waals surface area contributed by atoms with Crippen LogP contribution in [-0.2, 0) is 6.18 Å². The molecule has 2 heterocycles. The summed E-state index contributed by atoms with van der Waals surface area (Å²) in [6.07, 6.45) is -1.82. The minimum absolute atomic E-state index is 0.115. The van der Waals surface area contributed by atoms with Gasteiger partial charge in [-0.1, -0.05) is 13.8 Å². The van der Waals surface area contributed by atoms with Crippen LogP contribution in [0, 0.1) is 6.92 Å². The van der Waals surface area contributed by atoms with E-state index in [1.165, 1.54) is 6.07 Å². The number of halogens is 5. The fourth-order valence-corrected chi connectivity index (χ4v) is 1.58. The molecule has 0 fully saturated rings. The minimum atomic E-state index is -4.67. The number of hydrogen-bond donors (Lipinski definition) is 0. The third-order valence-electron chi connectivity index (χ3n) is 2.44. The molecule has 126 valence electrons. The molecule has 2 aromatic heterocycles. The predicted molar refractivity (Wildman–Crippen MR) is 73.0 cm³/mol. The quantitative estimate of drug-likeness (QED) is 0.775. The highest BCUT2D eigenvalue weighted by Gasteiger charge is 2.34. The van der Waals surface area contributed by atoms with E-state index in [-0.39, 0.29) is 16.9 Å². The van der Waals surface area contributed by atoms with Gasteiger partial charge in [0.1, 0.15) is 0 Å². The predicted octanol–water partition coefficient (Wildman–Crippen LogP) is 4.49. The van der Waals surface area contributed by atoms with Crippen molar-refractivity contribution < 1.29 is 26.7 Å². The summed E-state index contributed by atoms with van der Waals surface area (Å²) in [5, 5.41) is 0. The van der Waals surface area contributed by atoms with Crippen LogP contribution >= 0.6 is 0 Å². The number of rotatable bonds is 3. The van der Waals surface area contributed by atoms with Gasteiger partial charge in [0.25, 0.3) is 0 Å². The van der Waals surface area contributed by atoms with Crippen molar-refractivity contribution in [1.29, 1.82) is 0 Å². The van der Waals surface area contributed by atoms with E-state index in [9.17, 15) is 22.0 Å². The smallest absolute Gasteiger partial charge is 0.433 e. The second-order valence-corrected chi connectivity index (χ2v) is 3.99. The molecule has 0 aliphatic carbocycles. The molecule has 0 atom stereocenters. The van der Waals surface area contributed by atoms with Crippen LogP contribution < -0.4 is 4.74 Å². The van der Waals surface area contributed by atoms with Gasteiger partial charge < -0.3 is 4.74 Å². The van der Waals surface area contributed by atoms with Gasteiger partial charge in [0.2, 0.25) is 5.82 Å². The molecule has 0 N–H and O–H groups in total. The molecule has 0 aromatic carbocycles. The number of hydrogen-bond acceptors (Lipinski definition) is 4. The van der Waals surface area contributed by atoms with E-state index in [0.717, 1.165) is 18.6 Å². The zero-order valence-corrected chi connectivity index (χ0v) is 12.5. The zero-order valence-electron chi connectivity index (χ0n) is 12.5. The number of alkyl halides is 5. The maximum Gasteiger partial charge on any atom is 0.451 e. The number of aromatic nitrogens is 3. The topological polar surface area (TPSA) is 47.9 Å². The van der Waals surface area contributed by atoms with Crippen molar-refractivity contribution in [2.24, 2.45) is 0 Å². The summed E-state index contributed by atoms with van der Waals surface area (Å²) in [6.45, 7) is 2.52. The first-order chi connectivity index (χ1) is 10.8. The fourth-order valence-electron chi connectivity index (χ4n) is 1.58. The van der Waals surface area contributed by atoms with Crippen molar-refractivity contribution in [1.82, 2.24) is 15.0 Å². The SMILES string of the molecule is CC.Cc1cc(-c2cnc(C(F)(F)F)nc2)c(OC(F)F)cn1. The molecule has 0 saturated heterocycles. The Hall–Kier alpha value is -2.32. The Kier molecular flexibility index (Phi) is 6.35. The van der Waals surface area contributed by atoms with Crippen LogP contribution in [0.15, 0.2) is 24.7 Å². The molecule has 23 heavy (non-hydrogen) atoms. The molecule has 0 aliphatic rings. The highest BCUT2D eigenvalue weighted by molar-refractivity contribution is 5.68. The first-order valence-electron chi connectivity index (χ1n) is 6.58. The average molecular weight is 335 g/mol. The van der Waals surface area contributed by atoms with Gasteiger partial charge in [0.15, 0.2) is 5.75 Å². The van der Waals surface area contributed by atoms with Crippen LogP contribution in [0.25, 0.3) is 11.1 Å². The Morgan fingerprint density at radius 2 is 1.57 bits per heavy atom. The van der Waals surface area contributed by atoms with Crippen molar-refractivity contribution in [2.75, 3.05) is 0 Å². The number of aryl methyl sites for hydroxylation is 1. The van der Waals surface area contributed by atoms with Crippen molar-refractivity contribution >= 4 is 0 Å². The van der Waals surface area contributed by atoms with Gasteiger partial charge in [-0.2, -0.15) is 22.0 Å². The van der Waals surface area contributed by atoms with Crippen molar-refractivity contribution in [3.8, 4) is 16.9 Å². The molecule has 0 amide bonds. The van der Waals surface area contributed by atoms with E-state index in [4.69, 9.17) is 0 Å². The van der Waals surface area contributed by atoms with E-state index in [0.29, 0.717) is 5.69 Å². The normalized spacial score (nSPS) is 11.0. The van der Waals surface area contributed by atoms with Gasteiger partial charge in [-0.3, -0.25) is 4.98 Å². The standard InChI is InChI=1S/C12H8F5N3O.C2H6/c1-6-2-8(9(5-18-6)21-11(13)14)7-3-19-10(20-4-7)12(15,16)17;1-2/h2-5,11H,1H3;1-2H3. The molecule has 0 saturated carbocycles. The summed E-state index contributed by atoms with van der Waals surface area (Å²) in [6, 6.07) is 1.39. The summed E-state index contributed by atoms with van der Waals surface area (Å²) in [4.78, 5) is 10.1. The van der Waals surface area contributed by atoms with Crippen molar-refractivity contribution in [2.45, 2.75) is 33.6 Å². The Balaban J connectivity index is 0.00000127. The Morgan fingerprint density at radius 3 is 2.04 bits per heavy atom. The maximum absolute atomic E-state index is 12.4. The van der Waals surface area contributed by atoms with Gasteiger partial charge in [0.05, 0.1) is 6.20 Å². The Bertz CT molecular complexity index is 629. The largest absolute Gasteiger partial charge is 0.451 e. The van der Waals surface area contributed by atoms with Gasteiger partial charge in [-0.15, -0.1) is 0 Å². The summed E-state index contributed by atoms with van der Waals surface area (Å²) in [5.41, 5.74) is 0.729. The zero-order chi connectivity index (χ0) is 17.6. The van der Waals surface area contributed by atoms with Gasteiger partial charge in [-0.25, -0.2) is 9.97 Å². The average Bonchev–Trinajstić information content (AvgIpc) is 2.50. The highest BCUT2D eigenvalue weighted by Crippen LogP contribution is 2.32. The second kappa shape index (κ2) is 7.80. The first kappa shape index (κ1) is 18.7. The van der Waals surface area contributed by atoms with Gasteiger partial charge >= 0.3 is 12.8 Å². The number of nitrogens with zero attached hydrogens (tertiary/aromatic N) is 3. The lowest BCUT2D eigenvalue weighted by Crippen LogP contribution is -2.10. The van der Waals surface area contributed by atoms with E-state index in [2.05, 4.69) is 19.7 Å². The molecule has 4 nitrogen and oxygen atoms in total. The molecule has 0 radical (unpaired) electrons. The number of pyridine rings is 1. The highest BCUT2D eigenvalue weighted by atomic mass is 19.4. The van der Waals surface area contributed by atoms with E-state index >= 15 is 0 Å². The summed E-state index contributed by atoms with van der Waals surface area (Å²) in [5.74, 6) is -1.58. The summed E-state index contributed by atoms with van der Waals surface area (Å²) < 4.78 is 66.0. The van der Waals surface area contributed by atoms with Gasteiger partial charge in [0, 0.05) is 29.2 Å². The van der Waals surface area contributed by atoms with Crippen LogP contribution in [0.3, 0.4) is 0 Å². The molecular formula is C14H14F5N3O. The lowest BCUT2D eigenvalue weighted by atomic mass is 10.1. The molecule has 0 unspecified atom stereocenters. The van der Waals surface area contributed by atoms with E-state index in [1.807, 2.05) is 13.8 Å². The number of ether oxygens (including phenoxy) is 1. The summed E-state index contributed by atoms with van der Waals surface area (Å²) in [7, 11) is 0. The lowest BCUT2D eigenvalue weighted by molar-refractivity contribution is -0.144. The Morgan fingerprint density at radius 1 is 1.00 bits per heavy atom. The first-order valence-corrected chi connectivity index (χ1v) is 6.58. The lowest BCUT2D eigenvalue weighted by Gasteiger charge is -2.11. The van der Waals surface area contributed by atoms with Crippen LogP contribution in [0.1, 0.15) is 25.4 Å². The molecule has 0 spiro atoms. The third kappa shape index (κ3) is 5.11. The van der Waals surface area contributed by atoms with Gasteiger partial charge in [-0.05, 0) is 13.0 Å². The second-order valence-electron chi connectivity index (χ2n) is 3.99. The van der Waals surface area contributed by atoms with Crippen LogP contribution in [0.2, 0.25) is 0 Å². The van der Waals surface area contributed by atoms with Crippen LogP contribution in [0.4, 0.5) is 22.0 Å². The maximum atomic E-state index is 12.4. The Labute approximate surface area is 129 Å². The fraction of sp³-hybridized carbons (Fsp3) is 0.357. The van der Waals surface area contributed by atoms with Crippen molar-refractivity contribution in [3.63, 3.8) is 0 Å². The van der Waals surface area contributed by atoms with E-state index in [1.54, 1.807) is 6.92 Å². The molecule has 0 bridgehead atoms. The summed E-state index contributed by atoms with van der Waals surface area (Å²) >= 11 is 0. The molecule has 2 aromatic rings. The molecule has 2 rings (SSSR count). The van der Waals surface area contributed by atoms with Crippen LogP contribution in [-0.4, -0.2) is 21.6 Å². The minimum Gasteiger partial charge on any atom is -0.433 e. The molecule has 0 aliphatic heterocycles. The van der Waals surface area contributed by atoms with E-state index < -0.39 is 18.6 Å².